The fraction of sp³-hybridized carbons (Fsp3) is 0.300. The van der Waals surface area contributed by atoms with Crippen molar-refractivity contribution in [2.75, 3.05) is 5.73 Å². The molecule has 1 atom stereocenters. The number of rotatable bonds is 3. The fourth-order valence-electron chi connectivity index (χ4n) is 1.23. The van der Waals surface area contributed by atoms with Gasteiger partial charge in [-0.15, -0.1) is 23.2 Å². The van der Waals surface area contributed by atoms with E-state index in [9.17, 15) is 4.79 Å². The third kappa shape index (κ3) is 2.20. The number of hydrogen-bond acceptors (Lipinski definition) is 2. The Morgan fingerprint density at radius 3 is 2.71 bits per heavy atom. The van der Waals surface area contributed by atoms with E-state index in [2.05, 4.69) is 0 Å². The molecule has 1 unspecified atom stereocenters. The molecule has 14 heavy (non-hydrogen) atoms. The van der Waals surface area contributed by atoms with Crippen LogP contribution in [0.1, 0.15) is 22.8 Å². The number of nitrogen functional groups attached to an aromatic ring is 1. The number of hydrogen-bond donors (Lipinski definition) is 1. The predicted octanol–water partition coefficient (Wildman–Crippen LogP) is 2.82. The van der Waals surface area contributed by atoms with Crippen molar-refractivity contribution >= 4 is 34.7 Å². The van der Waals surface area contributed by atoms with Crippen LogP contribution in [0.2, 0.25) is 0 Å². The van der Waals surface area contributed by atoms with Gasteiger partial charge in [0, 0.05) is 17.1 Å². The monoisotopic (exact) mass is 231 g/mol. The summed E-state index contributed by atoms with van der Waals surface area (Å²) < 4.78 is 0. The second-order valence-electron chi connectivity index (χ2n) is 3.00. The Hall–Kier alpha value is -0.730. The van der Waals surface area contributed by atoms with Gasteiger partial charge < -0.3 is 5.73 Å². The Morgan fingerprint density at radius 1 is 1.57 bits per heavy atom. The highest BCUT2D eigenvalue weighted by Crippen LogP contribution is 2.21. The second kappa shape index (κ2) is 4.67. The highest BCUT2D eigenvalue weighted by Gasteiger charge is 2.18. The van der Waals surface area contributed by atoms with Crippen LogP contribution in [0.25, 0.3) is 0 Å². The largest absolute Gasteiger partial charge is 0.398 e. The van der Waals surface area contributed by atoms with Gasteiger partial charge >= 0.3 is 0 Å². The molecule has 1 aromatic carbocycles. The Kier molecular flexibility index (Phi) is 3.78. The SMILES string of the molecule is CC(Cl)C(=O)c1c(N)cccc1CCl. The van der Waals surface area contributed by atoms with E-state index in [-0.39, 0.29) is 11.7 Å². The average Bonchev–Trinajstić information content (AvgIpc) is 2.16. The molecule has 1 aromatic rings. The van der Waals surface area contributed by atoms with Gasteiger partial charge in [0.2, 0.25) is 0 Å². The lowest BCUT2D eigenvalue weighted by atomic mass is 10.0. The van der Waals surface area contributed by atoms with Crippen LogP contribution in [0.5, 0.6) is 0 Å². The third-order valence-corrected chi connectivity index (χ3v) is 2.42. The number of alkyl halides is 2. The van der Waals surface area contributed by atoms with Crippen LogP contribution in [0.3, 0.4) is 0 Å². The topological polar surface area (TPSA) is 43.1 Å². The minimum Gasteiger partial charge on any atom is -0.398 e. The number of Topliss-reactive ketones (excluding diaryl/α,β-unsaturated/α-hetero) is 1. The normalized spacial score (nSPS) is 12.5. The molecule has 0 aliphatic carbocycles. The highest BCUT2D eigenvalue weighted by atomic mass is 35.5. The quantitative estimate of drug-likeness (QED) is 0.494. The molecule has 0 bridgehead atoms. The Balaban J connectivity index is 3.23. The summed E-state index contributed by atoms with van der Waals surface area (Å²) in [7, 11) is 0. The van der Waals surface area contributed by atoms with E-state index in [1.807, 2.05) is 0 Å². The van der Waals surface area contributed by atoms with Gasteiger partial charge in [-0.3, -0.25) is 4.79 Å². The number of halogens is 2. The molecule has 0 aliphatic rings. The standard InChI is InChI=1S/C10H11Cl2NO/c1-6(12)10(14)9-7(5-11)3-2-4-8(9)13/h2-4,6H,5,13H2,1H3. The first-order valence-electron chi connectivity index (χ1n) is 4.19. The molecule has 2 N–H and O–H groups in total. The van der Waals surface area contributed by atoms with Crippen molar-refractivity contribution in [3.8, 4) is 0 Å². The van der Waals surface area contributed by atoms with Crippen LogP contribution in [-0.2, 0) is 5.88 Å². The summed E-state index contributed by atoms with van der Waals surface area (Å²) in [5.41, 5.74) is 7.30. The third-order valence-electron chi connectivity index (χ3n) is 1.93. The molecular weight excluding hydrogens is 221 g/mol. The number of anilines is 1. The van der Waals surface area contributed by atoms with Crippen molar-refractivity contribution < 1.29 is 4.79 Å². The zero-order valence-electron chi connectivity index (χ0n) is 7.76. The molecule has 0 spiro atoms. The van der Waals surface area contributed by atoms with Crippen LogP contribution in [0.15, 0.2) is 18.2 Å². The molecule has 0 saturated heterocycles. The van der Waals surface area contributed by atoms with E-state index >= 15 is 0 Å². The maximum Gasteiger partial charge on any atom is 0.182 e. The molecule has 0 heterocycles. The van der Waals surface area contributed by atoms with Gasteiger partial charge in [-0.1, -0.05) is 12.1 Å². The molecule has 0 aromatic heterocycles. The molecule has 0 amide bonds. The maximum atomic E-state index is 11.7. The average molecular weight is 232 g/mol. The molecule has 0 aliphatic heterocycles. The minimum absolute atomic E-state index is 0.180. The van der Waals surface area contributed by atoms with E-state index in [1.165, 1.54) is 0 Å². The van der Waals surface area contributed by atoms with Crippen LogP contribution in [-0.4, -0.2) is 11.2 Å². The summed E-state index contributed by atoms with van der Waals surface area (Å²) in [5, 5.41) is -0.582. The number of nitrogens with two attached hydrogens (primary N) is 1. The van der Waals surface area contributed by atoms with Crippen LogP contribution in [0.4, 0.5) is 5.69 Å². The lowest BCUT2D eigenvalue weighted by Crippen LogP contribution is -2.15. The summed E-state index contributed by atoms with van der Waals surface area (Å²) in [4.78, 5) is 11.7. The van der Waals surface area contributed by atoms with Gasteiger partial charge in [-0.25, -0.2) is 0 Å². The van der Waals surface area contributed by atoms with Crippen molar-refractivity contribution in [2.24, 2.45) is 0 Å². The van der Waals surface area contributed by atoms with Gasteiger partial charge in [0.05, 0.1) is 5.38 Å². The van der Waals surface area contributed by atoms with Crippen LogP contribution < -0.4 is 5.73 Å². The Labute approximate surface area is 93.0 Å². The van der Waals surface area contributed by atoms with Crippen molar-refractivity contribution in [3.05, 3.63) is 29.3 Å². The van der Waals surface area contributed by atoms with Gasteiger partial charge in [0.25, 0.3) is 0 Å². The van der Waals surface area contributed by atoms with Gasteiger partial charge in [-0.2, -0.15) is 0 Å². The Morgan fingerprint density at radius 2 is 2.21 bits per heavy atom. The van der Waals surface area contributed by atoms with Crippen LogP contribution in [0, 0.1) is 0 Å². The maximum absolute atomic E-state index is 11.7. The zero-order valence-corrected chi connectivity index (χ0v) is 9.27. The first kappa shape index (κ1) is 11.3. The molecule has 0 fully saturated rings. The van der Waals surface area contributed by atoms with Crippen molar-refractivity contribution in [1.82, 2.24) is 0 Å². The number of benzene rings is 1. The fourth-order valence-corrected chi connectivity index (χ4v) is 1.56. The lowest BCUT2D eigenvalue weighted by molar-refractivity contribution is 0.0992. The Bertz CT molecular complexity index is 350. The van der Waals surface area contributed by atoms with E-state index in [0.29, 0.717) is 11.3 Å². The van der Waals surface area contributed by atoms with E-state index in [4.69, 9.17) is 28.9 Å². The summed E-state index contributed by atoms with van der Waals surface area (Å²) in [6.07, 6.45) is 0. The van der Waals surface area contributed by atoms with Crippen LogP contribution >= 0.6 is 23.2 Å². The van der Waals surface area contributed by atoms with Crippen molar-refractivity contribution in [3.63, 3.8) is 0 Å². The molecule has 0 radical (unpaired) electrons. The zero-order chi connectivity index (χ0) is 10.7. The number of ketones is 1. The smallest absolute Gasteiger partial charge is 0.182 e. The number of carbonyl (C=O) groups excluding carboxylic acids is 1. The predicted molar refractivity (Wildman–Crippen MR) is 60.1 cm³/mol. The van der Waals surface area contributed by atoms with E-state index < -0.39 is 5.38 Å². The van der Waals surface area contributed by atoms with Gasteiger partial charge in [-0.05, 0) is 18.6 Å². The summed E-state index contributed by atoms with van der Waals surface area (Å²) in [5.74, 6) is 0.0795. The second-order valence-corrected chi connectivity index (χ2v) is 3.92. The number of carbonyl (C=O) groups is 1. The van der Waals surface area contributed by atoms with Crippen molar-refractivity contribution in [1.29, 1.82) is 0 Å². The van der Waals surface area contributed by atoms with Crippen molar-refractivity contribution in [2.45, 2.75) is 18.2 Å². The first-order valence-corrected chi connectivity index (χ1v) is 5.16. The van der Waals surface area contributed by atoms with Gasteiger partial charge in [0.15, 0.2) is 5.78 Å². The summed E-state index contributed by atoms with van der Waals surface area (Å²) in [6, 6.07) is 5.21. The highest BCUT2D eigenvalue weighted by molar-refractivity contribution is 6.34. The van der Waals surface area contributed by atoms with E-state index in [1.54, 1.807) is 25.1 Å². The lowest BCUT2D eigenvalue weighted by Gasteiger charge is -2.10. The summed E-state index contributed by atoms with van der Waals surface area (Å²) >= 11 is 11.4. The molecule has 1 rings (SSSR count). The minimum atomic E-state index is -0.582. The molecule has 0 saturated carbocycles. The first-order chi connectivity index (χ1) is 6.57. The molecule has 76 valence electrons. The van der Waals surface area contributed by atoms with Gasteiger partial charge in [0.1, 0.15) is 0 Å². The molecular formula is C10H11Cl2NO. The molecule has 2 nitrogen and oxygen atoms in total. The molecule has 4 heteroatoms. The summed E-state index contributed by atoms with van der Waals surface area (Å²) in [6.45, 7) is 1.62. The van der Waals surface area contributed by atoms with E-state index in [0.717, 1.165) is 5.56 Å².